The Morgan fingerprint density at radius 2 is 2.03 bits per heavy atom. The minimum Gasteiger partial charge on any atom is -0.493 e. The average Bonchev–Trinajstić information content (AvgIpc) is 3.62. The molecule has 7 heteroatoms. The molecule has 1 fully saturated rings. The predicted octanol–water partition coefficient (Wildman–Crippen LogP) is 4.64. The first kappa shape index (κ1) is 24.0. The number of ketones is 1. The van der Waals surface area contributed by atoms with Crippen LogP contribution in [-0.4, -0.2) is 43.3 Å². The Morgan fingerprint density at radius 1 is 1.26 bits per heavy atom. The Hall–Kier alpha value is -3.11. The number of aryl methyl sites for hydroxylation is 1. The van der Waals surface area contributed by atoms with Crippen LogP contribution in [0.3, 0.4) is 0 Å². The van der Waals surface area contributed by atoms with Gasteiger partial charge in [0, 0.05) is 38.2 Å². The maximum absolute atomic E-state index is 12.6. The van der Waals surface area contributed by atoms with E-state index >= 15 is 0 Å². The highest BCUT2D eigenvalue weighted by molar-refractivity contribution is 6.17. The molecule has 1 heterocycles. The van der Waals surface area contributed by atoms with E-state index < -0.39 is 17.5 Å². The summed E-state index contributed by atoms with van der Waals surface area (Å²) < 4.78 is 17.6. The summed E-state index contributed by atoms with van der Waals surface area (Å²) in [5.41, 5.74) is 2.63. The molecule has 1 N–H and O–H groups in total. The zero-order chi connectivity index (χ0) is 24.3. The van der Waals surface area contributed by atoms with Gasteiger partial charge in [-0.1, -0.05) is 6.92 Å². The molecule has 1 unspecified atom stereocenters. The van der Waals surface area contributed by atoms with Gasteiger partial charge in [0.05, 0.1) is 18.1 Å². The first-order chi connectivity index (χ1) is 16.4. The summed E-state index contributed by atoms with van der Waals surface area (Å²) in [5, 5.41) is 19.7. The van der Waals surface area contributed by atoms with Crippen LogP contribution in [0.15, 0.2) is 29.4 Å². The molecule has 7 nitrogen and oxygen atoms in total. The molecule has 1 saturated carbocycles. The van der Waals surface area contributed by atoms with Gasteiger partial charge in [0.15, 0.2) is 5.78 Å². The molecule has 3 aliphatic rings. The lowest BCUT2D eigenvalue weighted by Crippen LogP contribution is -2.33. The van der Waals surface area contributed by atoms with Gasteiger partial charge in [-0.05, 0) is 67.4 Å². The fraction of sp³-hybridized carbons (Fsp3) is 0.519. The van der Waals surface area contributed by atoms with Gasteiger partial charge in [-0.25, -0.2) is 4.79 Å². The van der Waals surface area contributed by atoms with E-state index in [4.69, 9.17) is 14.2 Å². The van der Waals surface area contributed by atoms with Crippen LogP contribution >= 0.6 is 0 Å². The number of carboxylic acids is 1. The zero-order valence-electron chi connectivity index (χ0n) is 19.8. The summed E-state index contributed by atoms with van der Waals surface area (Å²) >= 11 is 0. The monoisotopic (exact) mass is 465 g/mol. The molecule has 0 saturated heterocycles. The van der Waals surface area contributed by atoms with Crippen LogP contribution < -0.4 is 9.47 Å². The fourth-order valence-electron chi connectivity index (χ4n) is 4.80. The molecular formula is C27H31NO6. The van der Waals surface area contributed by atoms with Crippen molar-refractivity contribution in [2.45, 2.75) is 64.4 Å². The predicted molar refractivity (Wildman–Crippen MR) is 126 cm³/mol. The van der Waals surface area contributed by atoms with E-state index in [2.05, 4.69) is 19.1 Å². The average molecular weight is 466 g/mol. The number of methoxy groups -OCH3 is 1. The van der Waals surface area contributed by atoms with Gasteiger partial charge >= 0.3 is 5.97 Å². The van der Waals surface area contributed by atoms with E-state index in [0.29, 0.717) is 50.2 Å². The van der Waals surface area contributed by atoms with Crippen LogP contribution in [0, 0.1) is 16.7 Å². The standard InChI is InChI=1S/C27H31NO6/c1-3-17-13-19-18-7-4-5-8-22(29)21(26(30)31)14-20(18)25(27(16-28)9-10-27)34-24(19)15-23(17)33-12-6-11-32-2/h13-15,25H,3-12H2,1-2H3,(H,30,31). The quantitative estimate of drug-likeness (QED) is 0.440. The molecule has 34 heavy (non-hydrogen) atoms. The summed E-state index contributed by atoms with van der Waals surface area (Å²) in [7, 11) is 1.66. The summed E-state index contributed by atoms with van der Waals surface area (Å²) in [6.07, 6.45) is 6.02. The second-order valence-corrected chi connectivity index (χ2v) is 9.20. The molecule has 180 valence electrons. The topological polar surface area (TPSA) is 106 Å². The summed E-state index contributed by atoms with van der Waals surface area (Å²) in [6.45, 7) is 3.19. The third kappa shape index (κ3) is 4.60. The van der Waals surface area contributed by atoms with E-state index in [9.17, 15) is 20.0 Å². The fourth-order valence-corrected chi connectivity index (χ4v) is 4.80. The Labute approximate surface area is 200 Å². The van der Waals surface area contributed by atoms with E-state index in [1.165, 1.54) is 6.08 Å². The van der Waals surface area contributed by atoms with Crippen molar-refractivity contribution in [3.05, 3.63) is 40.5 Å². The lowest BCUT2D eigenvalue weighted by atomic mass is 9.82. The zero-order valence-corrected chi connectivity index (χ0v) is 19.8. The van der Waals surface area contributed by atoms with Gasteiger partial charge in [-0.3, -0.25) is 4.79 Å². The van der Waals surface area contributed by atoms with Gasteiger partial charge in [-0.15, -0.1) is 0 Å². The van der Waals surface area contributed by atoms with Crippen LogP contribution in [-0.2, 0) is 20.7 Å². The molecule has 0 bridgehead atoms. The van der Waals surface area contributed by atoms with Crippen molar-refractivity contribution in [1.29, 1.82) is 5.26 Å². The summed E-state index contributed by atoms with van der Waals surface area (Å²) in [6, 6.07) is 6.38. The maximum Gasteiger partial charge on any atom is 0.339 e. The summed E-state index contributed by atoms with van der Waals surface area (Å²) in [5.74, 6) is -0.206. The van der Waals surface area contributed by atoms with Gasteiger partial charge in [0.2, 0.25) is 0 Å². The molecule has 1 atom stereocenters. The van der Waals surface area contributed by atoms with Crippen molar-refractivity contribution in [2.75, 3.05) is 20.3 Å². The number of ether oxygens (including phenoxy) is 3. The number of carbonyl (C=O) groups excluding carboxylic acids is 1. The highest BCUT2D eigenvalue weighted by Gasteiger charge is 2.55. The number of nitriles is 1. The van der Waals surface area contributed by atoms with Gasteiger partial charge < -0.3 is 19.3 Å². The number of aliphatic carboxylic acids is 1. The van der Waals surface area contributed by atoms with E-state index in [0.717, 1.165) is 41.7 Å². The van der Waals surface area contributed by atoms with Crippen molar-refractivity contribution in [3.8, 4) is 17.6 Å². The van der Waals surface area contributed by atoms with Gasteiger partial charge in [0.25, 0.3) is 0 Å². The SMILES string of the molecule is CCc1cc2c(cc1OCCCOC)OC(C1(C#N)CC1)C1=C2CCCCC(=O)C(C(=O)O)=C1. The van der Waals surface area contributed by atoms with Crippen molar-refractivity contribution in [2.24, 2.45) is 5.41 Å². The van der Waals surface area contributed by atoms with Crippen LogP contribution in [0.2, 0.25) is 0 Å². The largest absolute Gasteiger partial charge is 0.493 e. The maximum atomic E-state index is 12.6. The molecule has 1 aromatic rings. The lowest BCUT2D eigenvalue weighted by Gasteiger charge is -2.33. The van der Waals surface area contributed by atoms with Crippen LogP contribution in [0.5, 0.6) is 11.5 Å². The first-order valence-corrected chi connectivity index (χ1v) is 12.0. The molecule has 0 amide bonds. The van der Waals surface area contributed by atoms with Crippen molar-refractivity contribution in [1.82, 2.24) is 0 Å². The number of Topliss-reactive ketones (excluding diaryl/α,β-unsaturated/α-hetero) is 1. The molecule has 0 aromatic heterocycles. The van der Waals surface area contributed by atoms with E-state index in [-0.39, 0.29) is 17.8 Å². The molecule has 1 aliphatic heterocycles. The third-order valence-corrected chi connectivity index (χ3v) is 6.92. The van der Waals surface area contributed by atoms with E-state index in [1.54, 1.807) is 7.11 Å². The smallest absolute Gasteiger partial charge is 0.339 e. The number of allylic oxidation sites excluding steroid dienone is 1. The molecule has 0 radical (unpaired) electrons. The van der Waals surface area contributed by atoms with Crippen molar-refractivity contribution >= 4 is 17.3 Å². The van der Waals surface area contributed by atoms with Crippen molar-refractivity contribution in [3.63, 3.8) is 0 Å². The lowest BCUT2D eigenvalue weighted by molar-refractivity contribution is -0.134. The molecule has 0 spiro atoms. The number of benzene rings is 1. The molecule has 2 aliphatic carbocycles. The number of nitrogens with zero attached hydrogens (tertiary/aromatic N) is 1. The molecular weight excluding hydrogens is 434 g/mol. The number of carboxylic acid groups (broad SMARTS) is 1. The van der Waals surface area contributed by atoms with Crippen molar-refractivity contribution < 1.29 is 28.9 Å². The van der Waals surface area contributed by atoms with Crippen LogP contribution in [0.1, 0.15) is 63.0 Å². The number of rotatable bonds is 8. The van der Waals surface area contributed by atoms with Gasteiger partial charge in [-0.2, -0.15) is 5.26 Å². The second-order valence-electron chi connectivity index (χ2n) is 9.20. The van der Waals surface area contributed by atoms with Gasteiger partial charge in [0.1, 0.15) is 23.2 Å². The Kier molecular flexibility index (Phi) is 7.08. The molecule has 1 aromatic carbocycles. The minimum atomic E-state index is -1.24. The normalized spacial score (nSPS) is 21.0. The Morgan fingerprint density at radius 3 is 2.68 bits per heavy atom. The van der Waals surface area contributed by atoms with Crippen LogP contribution in [0.25, 0.3) is 5.57 Å². The highest BCUT2D eigenvalue weighted by atomic mass is 16.5. The third-order valence-electron chi connectivity index (χ3n) is 6.92. The second kappa shape index (κ2) is 10.0. The number of fused-ring (bicyclic) bond motifs is 2. The number of carbonyl (C=O) groups is 2. The number of hydrogen-bond donors (Lipinski definition) is 1. The Balaban J connectivity index is 1.85. The first-order valence-electron chi connectivity index (χ1n) is 12.0. The molecule has 4 rings (SSSR count). The Bertz CT molecular complexity index is 1090. The summed E-state index contributed by atoms with van der Waals surface area (Å²) in [4.78, 5) is 24.6. The van der Waals surface area contributed by atoms with Crippen LogP contribution in [0.4, 0.5) is 0 Å². The minimum absolute atomic E-state index is 0.203. The number of hydrogen-bond acceptors (Lipinski definition) is 6. The van der Waals surface area contributed by atoms with E-state index in [1.807, 2.05) is 6.07 Å². The highest BCUT2D eigenvalue weighted by Crippen LogP contribution is 2.56.